The molecule has 1 fully saturated rings. The van der Waals surface area contributed by atoms with Gasteiger partial charge in [0.15, 0.2) is 0 Å². The summed E-state index contributed by atoms with van der Waals surface area (Å²) >= 11 is 0. The van der Waals surface area contributed by atoms with Crippen molar-refractivity contribution in [3.05, 3.63) is 0 Å². The van der Waals surface area contributed by atoms with E-state index < -0.39 is 5.41 Å². The highest BCUT2D eigenvalue weighted by Gasteiger charge is 2.41. The molecule has 19 heavy (non-hydrogen) atoms. The second-order valence-corrected chi connectivity index (χ2v) is 5.29. The smallest absolute Gasteiger partial charge is 0.311 e. The van der Waals surface area contributed by atoms with E-state index >= 15 is 0 Å². The van der Waals surface area contributed by atoms with Gasteiger partial charge in [-0.2, -0.15) is 0 Å². The highest BCUT2D eigenvalue weighted by Crippen LogP contribution is 2.41. The van der Waals surface area contributed by atoms with Crippen molar-refractivity contribution in [2.75, 3.05) is 14.2 Å². The van der Waals surface area contributed by atoms with Crippen molar-refractivity contribution >= 4 is 11.9 Å². The van der Waals surface area contributed by atoms with Crippen LogP contribution in [-0.2, 0) is 19.1 Å². The fraction of sp³-hybridized carbons (Fsp3) is 0.857. The standard InChI is InChI=1S/C14H24O5/c1-18-12(16)5-3-4-8-14(13(17)19-2)9-6-11(15)7-10-14/h11,15H,3-10H2,1-2H3/t11-,14+. The van der Waals surface area contributed by atoms with Gasteiger partial charge in [0.2, 0.25) is 0 Å². The third kappa shape index (κ3) is 4.49. The Hall–Kier alpha value is -1.10. The van der Waals surface area contributed by atoms with Crippen molar-refractivity contribution in [2.24, 2.45) is 5.41 Å². The minimum atomic E-state index is -0.468. The summed E-state index contributed by atoms with van der Waals surface area (Å²) in [6.45, 7) is 0. The molecule has 0 amide bonds. The Morgan fingerprint density at radius 2 is 1.79 bits per heavy atom. The average Bonchev–Trinajstić information content (AvgIpc) is 2.44. The maximum Gasteiger partial charge on any atom is 0.311 e. The molecular formula is C14H24O5. The van der Waals surface area contributed by atoms with E-state index in [9.17, 15) is 14.7 Å². The quantitative estimate of drug-likeness (QED) is 0.589. The molecule has 0 aromatic carbocycles. The third-order valence-corrected chi connectivity index (χ3v) is 4.04. The fourth-order valence-electron chi connectivity index (χ4n) is 2.76. The lowest BCUT2D eigenvalue weighted by Gasteiger charge is -2.36. The molecule has 110 valence electrons. The summed E-state index contributed by atoms with van der Waals surface area (Å²) in [4.78, 5) is 23.0. The number of esters is 2. The highest BCUT2D eigenvalue weighted by molar-refractivity contribution is 5.76. The maximum absolute atomic E-state index is 12.0. The van der Waals surface area contributed by atoms with E-state index in [2.05, 4.69) is 4.74 Å². The lowest BCUT2D eigenvalue weighted by molar-refractivity contribution is -0.157. The van der Waals surface area contributed by atoms with Gasteiger partial charge in [-0.1, -0.05) is 6.42 Å². The zero-order valence-electron chi connectivity index (χ0n) is 11.8. The van der Waals surface area contributed by atoms with Crippen LogP contribution in [0.25, 0.3) is 0 Å². The van der Waals surface area contributed by atoms with Crippen molar-refractivity contribution in [2.45, 2.75) is 57.5 Å². The summed E-state index contributed by atoms with van der Waals surface area (Å²) in [6, 6.07) is 0. The van der Waals surface area contributed by atoms with E-state index in [1.165, 1.54) is 14.2 Å². The van der Waals surface area contributed by atoms with Gasteiger partial charge in [0.1, 0.15) is 0 Å². The number of carbonyl (C=O) groups excluding carboxylic acids is 2. The monoisotopic (exact) mass is 272 g/mol. The highest BCUT2D eigenvalue weighted by atomic mass is 16.5. The van der Waals surface area contributed by atoms with Crippen LogP contribution in [0.1, 0.15) is 51.4 Å². The minimum absolute atomic E-state index is 0.183. The Kier molecular flexibility index (Phi) is 6.28. The van der Waals surface area contributed by atoms with Gasteiger partial charge in [0.05, 0.1) is 25.7 Å². The van der Waals surface area contributed by atoms with Gasteiger partial charge in [0, 0.05) is 6.42 Å². The van der Waals surface area contributed by atoms with Gasteiger partial charge in [-0.3, -0.25) is 9.59 Å². The molecule has 5 nitrogen and oxygen atoms in total. The zero-order chi connectivity index (χ0) is 14.3. The van der Waals surface area contributed by atoms with Gasteiger partial charge in [-0.05, 0) is 38.5 Å². The number of aliphatic hydroxyl groups excluding tert-OH is 1. The first kappa shape index (κ1) is 16.0. The van der Waals surface area contributed by atoms with Crippen molar-refractivity contribution < 1.29 is 24.2 Å². The molecule has 5 heteroatoms. The van der Waals surface area contributed by atoms with Crippen LogP contribution >= 0.6 is 0 Å². The molecule has 0 aliphatic heterocycles. The van der Waals surface area contributed by atoms with E-state index in [1.807, 2.05) is 0 Å². The molecule has 0 atom stereocenters. The van der Waals surface area contributed by atoms with Crippen LogP contribution < -0.4 is 0 Å². The molecule has 0 aromatic rings. The van der Waals surface area contributed by atoms with Crippen LogP contribution in [0.5, 0.6) is 0 Å². The second kappa shape index (κ2) is 7.48. The number of unbranched alkanes of at least 4 members (excludes halogenated alkanes) is 1. The fourth-order valence-corrected chi connectivity index (χ4v) is 2.76. The Balaban J connectivity index is 2.47. The number of rotatable bonds is 6. The Morgan fingerprint density at radius 1 is 1.16 bits per heavy atom. The van der Waals surface area contributed by atoms with Crippen LogP contribution in [0.3, 0.4) is 0 Å². The number of aliphatic hydroxyl groups is 1. The normalized spacial score (nSPS) is 26.8. The molecule has 0 radical (unpaired) electrons. The van der Waals surface area contributed by atoms with Gasteiger partial charge in [-0.25, -0.2) is 0 Å². The number of carbonyl (C=O) groups is 2. The summed E-state index contributed by atoms with van der Waals surface area (Å²) in [5, 5.41) is 9.56. The molecule has 0 spiro atoms. The van der Waals surface area contributed by atoms with Crippen molar-refractivity contribution in [1.29, 1.82) is 0 Å². The van der Waals surface area contributed by atoms with Gasteiger partial charge < -0.3 is 14.6 Å². The van der Waals surface area contributed by atoms with E-state index in [4.69, 9.17) is 4.74 Å². The van der Waals surface area contributed by atoms with E-state index in [0.29, 0.717) is 44.9 Å². The largest absolute Gasteiger partial charge is 0.469 e. The Morgan fingerprint density at radius 3 is 2.32 bits per heavy atom. The van der Waals surface area contributed by atoms with E-state index in [1.54, 1.807) is 0 Å². The van der Waals surface area contributed by atoms with Gasteiger partial charge in [0.25, 0.3) is 0 Å². The number of hydrogen-bond donors (Lipinski definition) is 1. The molecule has 0 bridgehead atoms. The van der Waals surface area contributed by atoms with Gasteiger partial charge in [-0.15, -0.1) is 0 Å². The minimum Gasteiger partial charge on any atom is -0.469 e. The molecule has 1 saturated carbocycles. The third-order valence-electron chi connectivity index (χ3n) is 4.04. The molecule has 1 aliphatic rings. The molecule has 1 N–H and O–H groups in total. The summed E-state index contributed by atoms with van der Waals surface area (Å²) < 4.78 is 9.50. The average molecular weight is 272 g/mol. The predicted octanol–water partition coefficient (Wildman–Crippen LogP) is 1.81. The van der Waals surface area contributed by atoms with Crippen LogP contribution in [0, 0.1) is 5.41 Å². The van der Waals surface area contributed by atoms with Crippen LogP contribution in [0.4, 0.5) is 0 Å². The summed E-state index contributed by atoms with van der Waals surface area (Å²) in [5.74, 6) is -0.399. The lowest BCUT2D eigenvalue weighted by atomic mass is 9.70. The topological polar surface area (TPSA) is 72.8 Å². The predicted molar refractivity (Wildman–Crippen MR) is 69.4 cm³/mol. The molecule has 1 rings (SSSR count). The zero-order valence-corrected chi connectivity index (χ0v) is 11.8. The molecule has 0 unspecified atom stereocenters. The number of hydrogen-bond acceptors (Lipinski definition) is 5. The number of ether oxygens (including phenoxy) is 2. The first-order valence-electron chi connectivity index (χ1n) is 6.87. The first-order chi connectivity index (χ1) is 9.04. The second-order valence-electron chi connectivity index (χ2n) is 5.29. The number of methoxy groups -OCH3 is 2. The summed E-state index contributed by atoms with van der Waals surface area (Å²) in [5.41, 5.74) is -0.468. The van der Waals surface area contributed by atoms with Crippen LogP contribution in [-0.4, -0.2) is 37.4 Å². The Bertz CT molecular complexity index is 305. The van der Waals surface area contributed by atoms with Crippen molar-refractivity contribution in [3.8, 4) is 0 Å². The van der Waals surface area contributed by atoms with Crippen molar-refractivity contribution in [3.63, 3.8) is 0 Å². The molecule has 0 aromatic heterocycles. The van der Waals surface area contributed by atoms with Gasteiger partial charge >= 0.3 is 11.9 Å². The SMILES string of the molecule is COC(=O)CCCC[C@]1(C(=O)OC)CC[C@@H](O)CC1. The van der Waals surface area contributed by atoms with E-state index in [-0.39, 0.29) is 18.0 Å². The Labute approximate surface area is 114 Å². The summed E-state index contributed by atoms with van der Waals surface area (Å²) in [7, 11) is 2.78. The molecule has 0 heterocycles. The molecule has 0 saturated heterocycles. The lowest BCUT2D eigenvalue weighted by Crippen LogP contribution is -2.37. The van der Waals surface area contributed by atoms with Crippen LogP contribution in [0.2, 0.25) is 0 Å². The maximum atomic E-state index is 12.0. The van der Waals surface area contributed by atoms with Crippen molar-refractivity contribution in [1.82, 2.24) is 0 Å². The molecular weight excluding hydrogens is 248 g/mol. The summed E-state index contributed by atoms with van der Waals surface area (Å²) in [6.07, 6.45) is 4.93. The van der Waals surface area contributed by atoms with E-state index in [0.717, 1.165) is 6.42 Å². The molecule has 1 aliphatic carbocycles. The first-order valence-corrected chi connectivity index (χ1v) is 6.87. The van der Waals surface area contributed by atoms with Crippen LogP contribution in [0.15, 0.2) is 0 Å².